The van der Waals surface area contributed by atoms with Crippen molar-refractivity contribution in [1.82, 2.24) is 9.13 Å². The first-order valence-electron chi connectivity index (χ1n) is 5.73. The van der Waals surface area contributed by atoms with Gasteiger partial charge in [-0.25, -0.2) is 4.79 Å². The van der Waals surface area contributed by atoms with Gasteiger partial charge in [-0.15, -0.1) is 0 Å². The quantitative estimate of drug-likeness (QED) is 0.800. The molecule has 1 heterocycles. The summed E-state index contributed by atoms with van der Waals surface area (Å²) in [5.41, 5.74) is 2.12. The second-order valence-corrected chi connectivity index (χ2v) is 5.59. The zero-order valence-corrected chi connectivity index (χ0v) is 12.4. The third-order valence-electron chi connectivity index (χ3n) is 3.15. The predicted octanol–water partition coefficient (Wildman–Crippen LogP) is 2.48. The predicted molar refractivity (Wildman–Crippen MR) is 75.0 cm³/mol. The van der Waals surface area contributed by atoms with Crippen LogP contribution in [0, 0.1) is 5.92 Å². The molecule has 0 radical (unpaired) electrons. The van der Waals surface area contributed by atoms with Gasteiger partial charge in [0.15, 0.2) is 5.78 Å². The number of aryl methyl sites for hydroxylation is 2. The standard InChI is InChI=1S/C13H15BrN2O2/c1-7(2)12(17)8-5-10-11(6-9(8)14)16(4)13(18)15(10)3/h5-7H,1-4H3. The van der Waals surface area contributed by atoms with Gasteiger partial charge in [0.1, 0.15) is 0 Å². The number of fused-ring (bicyclic) bond motifs is 1. The van der Waals surface area contributed by atoms with Crippen molar-refractivity contribution >= 4 is 32.7 Å². The van der Waals surface area contributed by atoms with Crippen LogP contribution in [0.1, 0.15) is 24.2 Å². The van der Waals surface area contributed by atoms with Crippen LogP contribution in [0.5, 0.6) is 0 Å². The Morgan fingerprint density at radius 2 is 1.67 bits per heavy atom. The number of hydrogen-bond donors (Lipinski definition) is 0. The summed E-state index contributed by atoms with van der Waals surface area (Å²) in [5.74, 6) is -0.000401. The topological polar surface area (TPSA) is 44.0 Å². The van der Waals surface area contributed by atoms with E-state index in [1.807, 2.05) is 19.9 Å². The van der Waals surface area contributed by atoms with E-state index in [4.69, 9.17) is 0 Å². The molecule has 96 valence electrons. The molecule has 0 aliphatic heterocycles. The lowest BCUT2D eigenvalue weighted by atomic mass is 10.0. The summed E-state index contributed by atoms with van der Waals surface area (Å²) in [7, 11) is 3.43. The van der Waals surface area contributed by atoms with Crippen molar-refractivity contribution in [3.63, 3.8) is 0 Å². The first kappa shape index (κ1) is 13.1. The van der Waals surface area contributed by atoms with E-state index in [9.17, 15) is 9.59 Å². The Hall–Kier alpha value is -1.36. The Kier molecular flexibility index (Phi) is 3.19. The number of imidazole rings is 1. The van der Waals surface area contributed by atoms with Crippen LogP contribution in [0.15, 0.2) is 21.4 Å². The molecule has 1 aromatic carbocycles. The molecular formula is C13H15BrN2O2. The highest BCUT2D eigenvalue weighted by molar-refractivity contribution is 9.10. The smallest absolute Gasteiger partial charge is 0.295 e. The van der Waals surface area contributed by atoms with Crippen LogP contribution in [0.3, 0.4) is 0 Å². The van der Waals surface area contributed by atoms with Crippen molar-refractivity contribution in [3.05, 3.63) is 32.7 Å². The zero-order valence-electron chi connectivity index (χ0n) is 10.8. The Labute approximate surface area is 113 Å². The van der Waals surface area contributed by atoms with Gasteiger partial charge < -0.3 is 0 Å². The van der Waals surface area contributed by atoms with Gasteiger partial charge in [-0.1, -0.05) is 13.8 Å². The molecule has 2 aromatic rings. The number of rotatable bonds is 2. The molecule has 0 amide bonds. The van der Waals surface area contributed by atoms with Crippen LogP contribution in [-0.4, -0.2) is 14.9 Å². The van der Waals surface area contributed by atoms with Crippen molar-refractivity contribution in [2.45, 2.75) is 13.8 Å². The van der Waals surface area contributed by atoms with E-state index in [0.29, 0.717) is 5.56 Å². The fourth-order valence-electron chi connectivity index (χ4n) is 2.02. The first-order chi connectivity index (χ1) is 8.34. The van der Waals surface area contributed by atoms with Gasteiger partial charge in [0.2, 0.25) is 0 Å². The summed E-state index contributed by atoms with van der Waals surface area (Å²) in [6.07, 6.45) is 0. The number of nitrogens with zero attached hydrogens (tertiary/aromatic N) is 2. The van der Waals surface area contributed by atoms with Crippen molar-refractivity contribution in [1.29, 1.82) is 0 Å². The maximum Gasteiger partial charge on any atom is 0.328 e. The van der Waals surface area contributed by atoms with Gasteiger partial charge >= 0.3 is 5.69 Å². The highest BCUT2D eigenvalue weighted by Gasteiger charge is 2.17. The molecule has 18 heavy (non-hydrogen) atoms. The molecule has 0 atom stereocenters. The molecule has 0 aliphatic rings. The monoisotopic (exact) mass is 310 g/mol. The summed E-state index contributed by atoms with van der Waals surface area (Å²) in [5, 5.41) is 0. The van der Waals surface area contributed by atoms with Crippen LogP contribution in [0.25, 0.3) is 11.0 Å². The highest BCUT2D eigenvalue weighted by atomic mass is 79.9. The van der Waals surface area contributed by atoms with E-state index >= 15 is 0 Å². The van der Waals surface area contributed by atoms with Gasteiger partial charge in [-0.05, 0) is 28.1 Å². The summed E-state index contributed by atoms with van der Waals surface area (Å²) >= 11 is 3.41. The number of benzene rings is 1. The van der Waals surface area contributed by atoms with E-state index in [1.54, 1.807) is 29.3 Å². The van der Waals surface area contributed by atoms with E-state index in [1.165, 1.54) is 0 Å². The van der Waals surface area contributed by atoms with Crippen molar-refractivity contribution in [2.24, 2.45) is 20.0 Å². The first-order valence-corrected chi connectivity index (χ1v) is 6.53. The average Bonchev–Trinajstić information content (AvgIpc) is 2.53. The van der Waals surface area contributed by atoms with Crippen LogP contribution < -0.4 is 5.69 Å². The lowest BCUT2D eigenvalue weighted by Crippen LogP contribution is -2.19. The molecule has 0 saturated heterocycles. The Balaban J connectivity index is 2.81. The molecule has 0 N–H and O–H groups in total. The SMILES string of the molecule is CC(C)C(=O)c1cc2c(cc1Br)n(C)c(=O)n2C. The summed E-state index contributed by atoms with van der Waals surface area (Å²) < 4.78 is 3.86. The molecule has 0 spiro atoms. The second-order valence-electron chi connectivity index (χ2n) is 4.74. The number of carbonyl (C=O) groups excluding carboxylic acids is 1. The Morgan fingerprint density at radius 3 is 2.17 bits per heavy atom. The highest BCUT2D eigenvalue weighted by Crippen LogP contribution is 2.25. The van der Waals surface area contributed by atoms with Crippen LogP contribution >= 0.6 is 15.9 Å². The minimum Gasteiger partial charge on any atom is -0.295 e. The molecule has 4 nitrogen and oxygen atoms in total. The maximum atomic E-state index is 12.1. The molecule has 0 saturated carbocycles. The largest absolute Gasteiger partial charge is 0.328 e. The van der Waals surface area contributed by atoms with Crippen LogP contribution in [0.2, 0.25) is 0 Å². The molecule has 0 unspecified atom stereocenters. The van der Waals surface area contributed by atoms with E-state index in [2.05, 4.69) is 15.9 Å². The number of carbonyl (C=O) groups is 1. The second kappa shape index (κ2) is 4.39. The van der Waals surface area contributed by atoms with E-state index in [-0.39, 0.29) is 17.4 Å². The number of aromatic nitrogens is 2. The Bertz CT molecular complexity index is 695. The molecule has 0 aliphatic carbocycles. The lowest BCUT2D eigenvalue weighted by molar-refractivity contribution is 0.0939. The number of hydrogen-bond acceptors (Lipinski definition) is 2. The minimum atomic E-state index is -0.0916. The van der Waals surface area contributed by atoms with Gasteiger partial charge in [0, 0.05) is 30.0 Å². The Morgan fingerprint density at radius 1 is 1.17 bits per heavy atom. The number of ketones is 1. The van der Waals surface area contributed by atoms with E-state index < -0.39 is 0 Å². The van der Waals surface area contributed by atoms with Crippen molar-refractivity contribution in [2.75, 3.05) is 0 Å². The fraction of sp³-hybridized carbons (Fsp3) is 0.385. The molecule has 1 aromatic heterocycles. The number of Topliss-reactive ketones (excluding diaryl/α,β-unsaturated/α-hetero) is 1. The van der Waals surface area contributed by atoms with Crippen LogP contribution in [-0.2, 0) is 14.1 Å². The molecular weight excluding hydrogens is 296 g/mol. The zero-order chi connectivity index (χ0) is 13.6. The fourth-order valence-corrected chi connectivity index (χ4v) is 2.55. The average molecular weight is 311 g/mol. The third kappa shape index (κ3) is 1.82. The normalized spacial score (nSPS) is 11.4. The number of halogens is 1. The maximum absolute atomic E-state index is 12.1. The third-order valence-corrected chi connectivity index (χ3v) is 3.81. The van der Waals surface area contributed by atoms with Gasteiger partial charge in [-0.3, -0.25) is 13.9 Å². The molecule has 0 fully saturated rings. The summed E-state index contributed by atoms with van der Waals surface area (Å²) in [6.45, 7) is 3.73. The summed E-state index contributed by atoms with van der Waals surface area (Å²) in [4.78, 5) is 23.9. The molecule has 0 bridgehead atoms. The van der Waals surface area contributed by atoms with E-state index in [0.717, 1.165) is 15.5 Å². The molecule has 5 heteroatoms. The van der Waals surface area contributed by atoms with Gasteiger partial charge in [0.25, 0.3) is 0 Å². The summed E-state index contributed by atoms with van der Waals surface area (Å²) in [6, 6.07) is 3.61. The molecule has 2 rings (SSSR count). The lowest BCUT2D eigenvalue weighted by Gasteiger charge is -2.07. The van der Waals surface area contributed by atoms with Crippen molar-refractivity contribution < 1.29 is 4.79 Å². The van der Waals surface area contributed by atoms with Gasteiger partial charge in [-0.2, -0.15) is 0 Å². The van der Waals surface area contributed by atoms with Gasteiger partial charge in [0.05, 0.1) is 11.0 Å². The van der Waals surface area contributed by atoms with Crippen molar-refractivity contribution in [3.8, 4) is 0 Å². The van der Waals surface area contributed by atoms with Crippen LogP contribution in [0.4, 0.5) is 0 Å². The minimum absolute atomic E-state index is 0.0695.